The van der Waals surface area contributed by atoms with E-state index in [0.29, 0.717) is 22.3 Å². The van der Waals surface area contributed by atoms with Crippen LogP contribution >= 0.6 is 0 Å². The molecule has 2 aromatic rings. The summed E-state index contributed by atoms with van der Waals surface area (Å²) in [6.07, 6.45) is 13.6. The van der Waals surface area contributed by atoms with E-state index in [1.807, 2.05) is 0 Å². The summed E-state index contributed by atoms with van der Waals surface area (Å²) in [6.45, 7) is 0. The SMILES string of the molecule is [C-]#Cc1ccc(C(=O)OC)cc1.[C-]#Cc1ccc(C(=O)OC)cc1.[Pt+2]. The van der Waals surface area contributed by atoms with Crippen LogP contribution in [0.25, 0.3) is 0 Å². The molecule has 5 heteroatoms. The van der Waals surface area contributed by atoms with Crippen LogP contribution in [-0.4, -0.2) is 26.2 Å². The van der Waals surface area contributed by atoms with Crippen LogP contribution in [0.1, 0.15) is 31.8 Å². The summed E-state index contributed by atoms with van der Waals surface area (Å²) in [6, 6.07) is 13.0. The molecule has 0 aromatic heterocycles. The van der Waals surface area contributed by atoms with Crippen LogP contribution < -0.4 is 0 Å². The Morgan fingerprint density at radius 2 is 1.00 bits per heavy atom. The maximum atomic E-state index is 10.9. The van der Waals surface area contributed by atoms with E-state index in [-0.39, 0.29) is 33.0 Å². The summed E-state index contributed by atoms with van der Waals surface area (Å²) >= 11 is 0. The van der Waals surface area contributed by atoms with Gasteiger partial charge in [0.15, 0.2) is 0 Å². The van der Waals surface area contributed by atoms with E-state index in [2.05, 4.69) is 21.3 Å². The largest absolute Gasteiger partial charge is 2.00 e. The maximum Gasteiger partial charge on any atom is 2.00 e. The van der Waals surface area contributed by atoms with E-state index in [4.69, 9.17) is 12.8 Å². The second-order valence-corrected chi connectivity index (χ2v) is 4.39. The van der Waals surface area contributed by atoms with Crippen molar-refractivity contribution in [3.63, 3.8) is 0 Å². The predicted octanol–water partition coefficient (Wildman–Crippen LogP) is 2.82. The third-order valence-electron chi connectivity index (χ3n) is 2.90. The Labute approximate surface area is 161 Å². The van der Waals surface area contributed by atoms with Gasteiger partial charge in [0.25, 0.3) is 0 Å². The first-order chi connectivity index (χ1) is 11.5. The standard InChI is InChI=1S/2C10H7O2.Pt/c2*1-3-8-4-6-9(7-5-8)10(11)12-2;/h2*4-7H,2H3;/q2*-1;+2. The Hall–Kier alpha value is -2.81. The minimum absolute atomic E-state index is 0. The minimum atomic E-state index is -0.369. The fraction of sp³-hybridized carbons (Fsp3) is 0.100. The number of methoxy groups -OCH3 is 2. The molecule has 0 atom stereocenters. The summed E-state index contributed by atoms with van der Waals surface area (Å²) in [5.41, 5.74) is 2.25. The number of carbonyl (C=O) groups excluding carboxylic acids is 2. The van der Waals surface area contributed by atoms with E-state index in [9.17, 15) is 9.59 Å². The van der Waals surface area contributed by atoms with E-state index in [1.54, 1.807) is 48.5 Å². The van der Waals surface area contributed by atoms with Crippen LogP contribution in [0.5, 0.6) is 0 Å². The summed E-state index contributed by atoms with van der Waals surface area (Å²) in [7, 11) is 2.66. The van der Waals surface area contributed by atoms with Gasteiger partial charge in [0.2, 0.25) is 0 Å². The average molecular weight is 513 g/mol. The van der Waals surface area contributed by atoms with Crippen molar-refractivity contribution in [1.29, 1.82) is 0 Å². The molecular weight excluding hydrogens is 499 g/mol. The minimum Gasteiger partial charge on any atom is -0.465 e. The van der Waals surface area contributed by atoms with Crippen molar-refractivity contribution in [2.24, 2.45) is 0 Å². The van der Waals surface area contributed by atoms with Crippen LogP contribution in [0, 0.1) is 24.7 Å². The molecule has 128 valence electrons. The molecule has 0 N–H and O–H groups in total. The van der Waals surface area contributed by atoms with Gasteiger partial charge in [0.1, 0.15) is 0 Å². The molecule has 0 saturated carbocycles. The normalized spacial score (nSPS) is 8.32. The molecule has 0 aliphatic carbocycles. The zero-order chi connectivity index (χ0) is 17.9. The van der Waals surface area contributed by atoms with Crippen molar-refractivity contribution in [1.82, 2.24) is 0 Å². The smallest absolute Gasteiger partial charge is 0.465 e. The van der Waals surface area contributed by atoms with Gasteiger partial charge in [-0.2, -0.15) is 0 Å². The third kappa shape index (κ3) is 7.08. The second kappa shape index (κ2) is 11.7. The van der Waals surface area contributed by atoms with E-state index in [0.717, 1.165) is 0 Å². The van der Waals surface area contributed by atoms with Crippen molar-refractivity contribution in [2.75, 3.05) is 14.2 Å². The number of rotatable bonds is 2. The van der Waals surface area contributed by atoms with Gasteiger partial charge in [-0.05, 0) is 0 Å². The Morgan fingerprint density at radius 1 is 0.720 bits per heavy atom. The van der Waals surface area contributed by atoms with Crippen molar-refractivity contribution in [3.8, 4) is 11.8 Å². The molecule has 0 heterocycles. The molecule has 2 aromatic carbocycles. The fourth-order valence-electron chi connectivity index (χ4n) is 1.61. The molecule has 0 saturated heterocycles. The molecule has 4 nitrogen and oxygen atoms in total. The molecule has 2 rings (SSSR count). The molecule has 0 aliphatic heterocycles. The first kappa shape index (κ1) is 22.2. The number of benzene rings is 2. The van der Waals surface area contributed by atoms with Crippen molar-refractivity contribution in [3.05, 3.63) is 83.6 Å². The molecule has 0 bridgehead atoms. The Kier molecular flexibility index (Phi) is 10.4. The Morgan fingerprint density at radius 3 is 1.20 bits per heavy atom. The molecule has 0 radical (unpaired) electrons. The number of carbonyl (C=O) groups is 2. The average Bonchev–Trinajstić information content (AvgIpc) is 2.67. The molecule has 0 amide bonds. The van der Waals surface area contributed by atoms with Crippen LogP contribution in [0.3, 0.4) is 0 Å². The topological polar surface area (TPSA) is 52.6 Å². The van der Waals surface area contributed by atoms with Gasteiger partial charge in [0.05, 0.1) is 25.3 Å². The van der Waals surface area contributed by atoms with Gasteiger partial charge in [-0.3, -0.25) is 11.8 Å². The van der Waals surface area contributed by atoms with Crippen LogP contribution in [0.2, 0.25) is 0 Å². The number of hydrogen-bond acceptors (Lipinski definition) is 4. The summed E-state index contributed by atoms with van der Waals surface area (Å²) < 4.78 is 9.01. The number of esters is 2. The van der Waals surface area contributed by atoms with E-state index in [1.165, 1.54) is 14.2 Å². The number of hydrogen-bond donors (Lipinski definition) is 0. The van der Waals surface area contributed by atoms with Gasteiger partial charge in [-0.1, -0.05) is 24.3 Å². The first-order valence-corrected chi connectivity index (χ1v) is 6.78. The fourth-order valence-corrected chi connectivity index (χ4v) is 1.61. The maximum absolute atomic E-state index is 10.9. The van der Waals surface area contributed by atoms with Crippen LogP contribution in [-0.2, 0) is 30.5 Å². The predicted molar refractivity (Wildman–Crippen MR) is 88.0 cm³/mol. The number of ether oxygens (including phenoxy) is 2. The zero-order valence-electron chi connectivity index (χ0n) is 13.6. The van der Waals surface area contributed by atoms with Crippen molar-refractivity contribution < 1.29 is 40.1 Å². The summed E-state index contributed by atoms with van der Waals surface area (Å²) in [5, 5.41) is 0. The zero-order valence-corrected chi connectivity index (χ0v) is 15.8. The van der Waals surface area contributed by atoms with E-state index >= 15 is 0 Å². The Balaban J connectivity index is 0.000000443. The second-order valence-electron chi connectivity index (χ2n) is 4.39. The van der Waals surface area contributed by atoms with Crippen LogP contribution in [0.15, 0.2) is 48.5 Å². The van der Waals surface area contributed by atoms with Gasteiger partial charge in [-0.25, -0.2) is 9.59 Å². The molecule has 0 spiro atoms. The molecule has 0 fully saturated rings. The van der Waals surface area contributed by atoms with E-state index < -0.39 is 0 Å². The molecular formula is C20H14O4Pt. The van der Waals surface area contributed by atoms with Gasteiger partial charge >= 0.3 is 33.0 Å². The Bertz CT molecular complexity index is 709. The quantitative estimate of drug-likeness (QED) is 0.352. The molecule has 25 heavy (non-hydrogen) atoms. The molecule has 0 unspecified atom stereocenters. The molecule has 0 aliphatic rings. The van der Waals surface area contributed by atoms with Gasteiger partial charge in [0, 0.05) is 0 Å². The first-order valence-electron chi connectivity index (χ1n) is 6.78. The van der Waals surface area contributed by atoms with Crippen LogP contribution in [0.4, 0.5) is 0 Å². The third-order valence-corrected chi connectivity index (χ3v) is 2.90. The summed E-state index contributed by atoms with van der Waals surface area (Å²) in [4.78, 5) is 21.8. The summed E-state index contributed by atoms with van der Waals surface area (Å²) in [5.74, 6) is 3.68. The monoisotopic (exact) mass is 513 g/mol. The van der Waals surface area contributed by atoms with Gasteiger partial charge < -0.3 is 22.3 Å². The van der Waals surface area contributed by atoms with Crippen molar-refractivity contribution >= 4 is 11.9 Å². The van der Waals surface area contributed by atoms with Crippen molar-refractivity contribution in [2.45, 2.75) is 0 Å². The van der Waals surface area contributed by atoms with Gasteiger partial charge in [-0.15, -0.1) is 35.4 Å².